The minimum absolute atomic E-state index is 0.0537. The molecule has 3 heteroatoms. The van der Waals surface area contributed by atoms with Crippen molar-refractivity contribution in [3.8, 4) is 17.2 Å². The molecule has 0 radical (unpaired) electrons. The molecule has 0 saturated carbocycles. The normalized spacial score (nSPS) is 12.8. The van der Waals surface area contributed by atoms with Gasteiger partial charge < -0.3 is 9.47 Å². The Morgan fingerprint density at radius 3 is 1.39 bits per heavy atom. The van der Waals surface area contributed by atoms with E-state index in [0.717, 1.165) is 16.9 Å². The standard InChI is InChI=1S/C35H46O3/c1-32(2,3)24-18-15-21-27(29(24)34(7,8)9)37-26-20-14-13-17-23(26)31(36)38-28-22-16-19-25(33(4,5)6)30(28)35(10,11)12/h13-22H,1-12H3. The summed E-state index contributed by atoms with van der Waals surface area (Å²) in [5.74, 6) is 1.41. The molecular weight excluding hydrogens is 468 g/mol. The van der Waals surface area contributed by atoms with Crippen molar-refractivity contribution in [1.82, 2.24) is 0 Å². The topological polar surface area (TPSA) is 35.5 Å². The minimum atomic E-state index is -0.429. The van der Waals surface area contributed by atoms with E-state index in [4.69, 9.17) is 9.47 Å². The zero-order chi connectivity index (χ0) is 28.7. The minimum Gasteiger partial charge on any atom is -0.456 e. The molecule has 0 unspecified atom stereocenters. The Morgan fingerprint density at radius 2 is 0.921 bits per heavy atom. The van der Waals surface area contributed by atoms with Crippen LogP contribution in [0.5, 0.6) is 17.2 Å². The van der Waals surface area contributed by atoms with Gasteiger partial charge in [-0.1, -0.05) is 119 Å². The van der Waals surface area contributed by atoms with Gasteiger partial charge in [-0.3, -0.25) is 0 Å². The summed E-state index contributed by atoms with van der Waals surface area (Å²) in [6.45, 7) is 26.2. The van der Waals surface area contributed by atoms with Gasteiger partial charge in [0.05, 0.1) is 0 Å². The lowest BCUT2D eigenvalue weighted by molar-refractivity contribution is 0.0728. The summed E-state index contributed by atoms with van der Waals surface area (Å²) in [7, 11) is 0. The number of carbonyl (C=O) groups excluding carboxylic acids is 1. The van der Waals surface area contributed by atoms with Crippen LogP contribution < -0.4 is 9.47 Å². The molecule has 0 aliphatic carbocycles. The fraction of sp³-hybridized carbons (Fsp3) is 0.457. The Labute approximate surface area is 230 Å². The maximum absolute atomic E-state index is 13.7. The van der Waals surface area contributed by atoms with E-state index in [1.807, 2.05) is 42.5 Å². The van der Waals surface area contributed by atoms with Gasteiger partial charge in [0.15, 0.2) is 0 Å². The maximum Gasteiger partial charge on any atom is 0.347 e. The highest BCUT2D eigenvalue weighted by atomic mass is 16.5. The highest BCUT2D eigenvalue weighted by Crippen LogP contribution is 2.43. The zero-order valence-corrected chi connectivity index (χ0v) is 25.5. The first-order valence-corrected chi connectivity index (χ1v) is 13.6. The molecule has 0 spiro atoms. The first-order chi connectivity index (χ1) is 17.3. The number of esters is 1. The first kappa shape index (κ1) is 29.5. The molecule has 204 valence electrons. The molecule has 0 aromatic heterocycles. The molecule has 0 bridgehead atoms. The lowest BCUT2D eigenvalue weighted by atomic mass is 9.75. The van der Waals surface area contributed by atoms with Crippen molar-refractivity contribution in [1.29, 1.82) is 0 Å². The number of hydrogen-bond donors (Lipinski definition) is 0. The van der Waals surface area contributed by atoms with Crippen molar-refractivity contribution in [3.63, 3.8) is 0 Å². The van der Waals surface area contributed by atoms with Gasteiger partial charge in [-0.25, -0.2) is 4.79 Å². The molecule has 0 fully saturated rings. The van der Waals surface area contributed by atoms with Crippen LogP contribution in [0.3, 0.4) is 0 Å². The molecule has 3 aromatic rings. The summed E-state index contributed by atoms with van der Waals surface area (Å²) >= 11 is 0. The van der Waals surface area contributed by atoms with Crippen molar-refractivity contribution in [2.24, 2.45) is 0 Å². The average molecular weight is 515 g/mol. The molecule has 0 aliphatic heterocycles. The summed E-state index contributed by atoms with van der Waals surface area (Å²) in [5.41, 5.74) is 4.50. The van der Waals surface area contributed by atoms with Crippen LogP contribution in [-0.2, 0) is 21.7 Å². The van der Waals surface area contributed by atoms with Crippen molar-refractivity contribution in [2.45, 2.75) is 105 Å². The van der Waals surface area contributed by atoms with E-state index in [1.54, 1.807) is 6.07 Å². The predicted molar refractivity (Wildman–Crippen MR) is 159 cm³/mol. The second-order valence-corrected chi connectivity index (χ2v) is 14.3. The lowest BCUT2D eigenvalue weighted by Gasteiger charge is -2.32. The monoisotopic (exact) mass is 514 g/mol. The van der Waals surface area contributed by atoms with Crippen LogP contribution in [-0.4, -0.2) is 5.97 Å². The van der Waals surface area contributed by atoms with E-state index < -0.39 is 5.97 Å². The van der Waals surface area contributed by atoms with Gasteiger partial charge in [0, 0.05) is 11.1 Å². The molecule has 0 heterocycles. The fourth-order valence-electron chi connectivity index (χ4n) is 5.03. The second-order valence-electron chi connectivity index (χ2n) is 14.3. The van der Waals surface area contributed by atoms with Crippen LogP contribution in [0.15, 0.2) is 60.7 Å². The fourth-order valence-corrected chi connectivity index (χ4v) is 5.03. The summed E-state index contributed by atoms with van der Waals surface area (Å²) in [6.07, 6.45) is 0. The SMILES string of the molecule is CC(C)(C)c1cccc(OC(=O)c2ccccc2Oc2cccc(C(C)(C)C)c2C(C)(C)C)c1C(C)(C)C. The van der Waals surface area contributed by atoms with Crippen molar-refractivity contribution in [2.75, 3.05) is 0 Å². The summed E-state index contributed by atoms with van der Waals surface area (Å²) in [6, 6.07) is 19.5. The lowest BCUT2D eigenvalue weighted by Crippen LogP contribution is -2.24. The smallest absolute Gasteiger partial charge is 0.347 e. The van der Waals surface area contributed by atoms with Gasteiger partial charge in [-0.15, -0.1) is 0 Å². The predicted octanol–water partition coefficient (Wildman–Crippen LogP) is 9.89. The van der Waals surface area contributed by atoms with Gasteiger partial charge >= 0.3 is 5.97 Å². The molecule has 3 nitrogen and oxygen atoms in total. The Bertz CT molecular complexity index is 1300. The molecule has 3 rings (SSSR count). The number of rotatable bonds is 4. The van der Waals surface area contributed by atoms with Crippen LogP contribution in [0.2, 0.25) is 0 Å². The van der Waals surface area contributed by atoms with E-state index in [2.05, 4.69) is 95.2 Å². The van der Waals surface area contributed by atoms with Crippen LogP contribution in [0, 0.1) is 0 Å². The van der Waals surface area contributed by atoms with E-state index in [-0.39, 0.29) is 21.7 Å². The summed E-state index contributed by atoms with van der Waals surface area (Å²) in [4.78, 5) is 13.7. The molecule has 0 atom stereocenters. The van der Waals surface area contributed by atoms with Crippen LogP contribution >= 0.6 is 0 Å². The third-order valence-electron chi connectivity index (χ3n) is 6.70. The number of carbonyl (C=O) groups is 1. The number of ether oxygens (including phenoxy) is 2. The molecule has 38 heavy (non-hydrogen) atoms. The number of benzene rings is 3. The highest BCUT2D eigenvalue weighted by Gasteiger charge is 2.31. The van der Waals surface area contributed by atoms with E-state index in [0.29, 0.717) is 17.1 Å². The summed E-state index contributed by atoms with van der Waals surface area (Å²) < 4.78 is 12.7. The molecule has 0 N–H and O–H groups in total. The van der Waals surface area contributed by atoms with E-state index in [9.17, 15) is 4.79 Å². The second kappa shape index (κ2) is 10.2. The maximum atomic E-state index is 13.7. The van der Waals surface area contributed by atoms with Gasteiger partial charge in [0.1, 0.15) is 22.8 Å². The van der Waals surface area contributed by atoms with Crippen LogP contribution in [0.1, 0.15) is 116 Å². The van der Waals surface area contributed by atoms with Crippen LogP contribution in [0.25, 0.3) is 0 Å². The van der Waals surface area contributed by atoms with E-state index >= 15 is 0 Å². The molecule has 0 saturated heterocycles. The molecule has 0 aliphatic rings. The van der Waals surface area contributed by atoms with Crippen molar-refractivity contribution >= 4 is 5.97 Å². The number of para-hydroxylation sites is 1. The third kappa shape index (κ3) is 6.49. The molecule has 3 aromatic carbocycles. The zero-order valence-electron chi connectivity index (χ0n) is 25.5. The van der Waals surface area contributed by atoms with Gasteiger partial charge in [-0.05, 0) is 57.1 Å². The largest absolute Gasteiger partial charge is 0.456 e. The highest BCUT2D eigenvalue weighted by molar-refractivity contribution is 5.94. The van der Waals surface area contributed by atoms with Crippen molar-refractivity contribution in [3.05, 3.63) is 88.5 Å². The van der Waals surface area contributed by atoms with E-state index in [1.165, 1.54) is 11.1 Å². The summed E-state index contributed by atoms with van der Waals surface area (Å²) in [5, 5.41) is 0. The Kier molecular flexibility index (Phi) is 7.95. The first-order valence-electron chi connectivity index (χ1n) is 13.6. The Hall–Kier alpha value is -3.07. The van der Waals surface area contributed by atoms with Gasteiger partial charge in [0.25, 0.3) is 0 Å². The Balaban J connectivity index is 2.08. The third-order valence-corrected chi connectivity index (χ3v) is 6.70. The van der Waals surface area contributed by atoms with Crippen LogP contribution in [0.4, 0.5) is 0 Å². The Morgan fingerprint density at radius 1 is 0.500 bits per heavy atom. The molecular formula is C35H46O3. The molecule has 0 amide bonds. The quantitative estimate of drug-likeness (QED) is 0.257. The average Bonchev–Trinajstić information content (AvgIpc) is 2.76. The van der Waals surface area contributed by atoms with Gasteiger partial charge in [-0.2, -0.15) is 0 Å². The van der Waals surface area contributed by atoms with Crippen molar-refractivity contribution < 1.29 is 14.3 Å². The van der Waals surface area contributed by atoms with Gasteiger partial charge in [0.2, 0.25) is 0 Å². The number of hydrogen-bond acceptors (Lipinski definition) is 3.